The van der Waals surface area contributed by atoms with Gasteiger partial charge in [-0.2, -0.15) is 0 Å². The average molecular weight is 376 g/mol. The highest BCUT2D eigenvalue weighted by molar-refractivity contribution is 5.95. The fourth-order valence-electron chi connectivity index (χ4n) is 2.74. The first-order valence-electron chi connectivity index (χ1n) is 8.70. The van der Waals surface area contributed by atoms with Gasteiger partial charge in [0.05, 0.1) is 36.6 Å². The smallest absolute Gasteiger partial charge is 0.338 e. The SMILES string of the molecule is CCOC(=O)C1=C(COC(=O)c2ccc(C)c(OC)c2)NC(=O)N[C@H]1CC. The maximum atomic E-state index is 12.4. The molecule has 2 rings (SSSR count). The molecule has 8 heteroatoms. The molecule has 0 bridgehead atoms. The molecule has 0 spiro atoms. The van der Waals surface area contributed by atoms with Crippen LogP contribution in [-0.2, 0) is 14.3 Å². The van der Waals surface area contributed by atoms with Gasteiger partial charge in [0.15, 0.2) is 0 Å². The molecule has 8 nitrogen and oxygen atoms in total. The van der Waals surface area contributed by atoms with Crippen LogP contribution >= 0.6 is 0 Å². The lowest BCUT2D eigenvalue weighted by atomic mass is 10.0. The number of esters is 2. The Hall–Kier alpha value is -3.03. The number of hydrogen-bond donors (Lipinski definition) is 2. The van der Waals surface area contributed by atoms with E-state index in [1.807, 2.05) is 13.8 Å². The lowest BCUT2D eigenvalue weighted by Gasteiger charge is -2.28. The fourth-order valence-corrected chi connectivity index (χ4v) is 2.74. The summed E-state index contributed by atoms with van der Waals surface area (Å²) < 4.78 is 15.6. The van der Waals surface area contributed by atoms with E-state index in [0.717, 1.165) is 5.56 Å². The lowest BCUT2D eigenvalue weighted by Crippen LogP contribution is -2.51. The summed E-state index contributed by atoms with van der Waals surface area (Å²) in [6.07, 6.45) is 0.494. The third kappa shape index (κ3) is 4.78. The standard InChI is InChI=1S/C19H24N2O6/c1-5-13-16(18(23)26-6-2)14(21-19(24)20-13)10-27-17(22)12-8-7-11(3)15(9-12)25-4/h7-9,13H,5-6,10H2,1-4H3,(H2,20,21,24)/t13-/m0/s1. The van der Waals surface area contributed by atoms with Crippen molar-refractivity contribution in [3.8, 4) is 5.75 Å². The molecule has 0 radical (unpaired) electrons. The maximum absolute atomic E-state index is 12.4. The zero-order valence-electron chi connectivity index (χ0n) is 15.9. The highest BCUT2D eigenvalue weighted by atomic mass is 16.5. The fraction of sp³-hybridized carbons (Fsp3) is 0.421. The van der Waals surface area contributed by atoms with Crippen molar-refractivity contribution >= 4 is 18.0 Å². The van der Waals surface area contributed by atoms with Gasteiger partial charge in [0.1, 0.15) is 12.4 Å². The largest absolute Gasteiger partial charge is 0.496 e. The van der Waals surface area contributed by atoms with E-state index in [9.17, 15) is 14.4 Å². The van der Waals surface area contributed by atoms with Gasteiger partial charge in [-0.05, 0) is 38.0 Å². The third-order valence-electron chi connectivity index (χ3n) is 4.14. The Morgan fingerprint density at radius 3 is 2.52 bits per heavy atom. The van der Waals surface area contributed by atoms with Crippen LogP contribution in [0.4, 0.5) is 4.79 Å². The minimum Gasteiger partial charge on any atom is -0.496 e. The molecule has 0 saturated carbocycles. The Labute approximate surface area is 157 Å². The zero-order valence-corrected chi connectivity index (χ0v) is 15.9. The molecule has 0 aliphatic carbocycles. The molecule has 1 aliphatic heterocycles. The molecule has 1 aromatic rings. The Morgan fingerprint density at radius 2 is 1.89 bits per heavy atom. The number of nitrogens with one attached hydrogen (secondary N) is 2. The zero-order chi connectivity index (χ0) is 20.0. The van der Waals surface area contributed by atoms with Crippen LogP contribution in [0.3, 0.4) is 0 Å². The van der Waals surface area contributed by atoms with Gasteiger partial charge in [0.2, 0.25) is 0 Å². The van der Waals surface area contributed by atoms with Gasteiger partial charge in [0.25, 0.3) is 0 Å². The van der Waals surface area contributed by atoms with Gasteiger partial charge in [-0.25, -0.2) is 14.4 Å². The van der Waals surface area contributed by atoms with Gasteiger partial charge in [-0.3, -0.25) is 0 Å². The molecule has 146 valence electrons. The Morgan fingerprint density at radius 1 is 1.15 bits per heavy atom. The second kappa shape index (κ2) is 9.07. The van der Waals surface area contributed by atoms with E-state index in [-0.39, 0.29) is 24.5 Å². The molecule has 0 fully saturated rings. The van der Waals surface area contributed by atoms with Crippen molar-refractivity contribution in [1.82, 2.24) is 10.6 Å². The quantitative estimate of drug-likeness (QED) is 0.706. The minimum absolute atomic E-state index is 0.197. The molecular weight excluding hydrogens is 352 g/mol. The van der Waals surface area contributed by atoms with Gasteiger partial charge in [-0.15, -0.1) is 0 Å². The van der Waals surface area contributed by atoms with Gasteiger partial charge >= 0.3 is 18.0 Å². The third-order valence-corrected chi connectivity index (χ3v) is 4.14. The number of ether oxygens (including phenoxy) is 3. The topological polar surface area (TPSA) is 103 Å². The number of benzene rings is 1. The normalized spacial score (nSPS) is 16.3. The first kappa shape index (κ1) is 20.3. The number of methoxy groups -OCH3 is 1. The minimum atomic E-state index is -0.593. The summed E-state index contributed by atoms with van der Waals surface area (Å²) in [5, 5.41) is 5.20. The summed E-state index contributed by atoms with van der Waals surface area (Å²) in [5.74, 6) is -0.582. The van der Waals surface area contributed by atoms with Crippen molar-refractivity contribution in [1.29, 1.82) is 0 Å². The number of carbonyl (C=O) groups is 3. The van der Waals surface area contributed by atoms with Crippen molar-refractivity contribution in [2.75, 3.05) is 20.3 Å². The van der Waals surface area contributed by atoms with Gasteiger partial charge in [0, 0.05) is 0 Å². The molecule has 1 aliphatic rings. The van der Waals surface area contributed by atoms with E-state index in [4.69, 9.17) is 14.2 Å². The Bertz CT molecular complexity index is 771. The van der Waals surface area contributed by atoms with Crippen LogP contribution in [0.2, 0.25) is 0 Å². The van der Waals surface area contributed by atoms with Gasteiger partial charge < -0.3 is 24.8 Å². The summed E-state index contributed by atoms with van der Waals surface area (Å²) >= 11 is 0. The number of hydrogen-bond acceptors (Lipinski definition) is 6. The summed E-state index contributed by atoms with van der Waals surface area (Å²) in [6, 6.07) is 3.98. The molecule has 1 atom stereocenters. The molecule has 0 aromatic heterocycles. The van der Waals surface area contributed by atoms with Crippen LogP contribution in [0, 0.1) is 6.92 Å². The highest BCUT2D eigenvalue weighted by Crippen LogP contribution is 2.21. The number of carbonyl (C=O) groups excluding carboxylic acids is 3. The second-order valence-electron chi connectivity index (χ2n) is 5.93. The number of rotatable bonds is 7. The number of urea groups is 1. The predicted molar refractivity (Wildman–Crippen MR) is 97.4 cm³/mol. The van der Waals surface area contributed by atoms with Crippen LogP contribution in [0.1, 0.15) is 36.2 Å². The molecular formula is C19H24N2O6. The Kier molecular flexibility index (Phi) is 6.81. The molecule has 0 saturated heterocycles. The molecule has 27 heavy (non-hydrogen) atoms. The van der Waals surface area contributed by atoms with Crippen LogP contribution < -0.4 is 15.4 Å². The first-order valence-corrected chi connectivity index (χ1v) is 8.70. The van der Waals surface area contributed by atoms with E-state index in [0.29, 0.717) is 17.7 Å². The lowest BCUT2D eigenvalue weighted by molar-refractivity contribution is -0.139. The van der Waals surface area contributed by atoms with Crippen molar-refractivity contribution < 1.29 is 28.6 Å². The Balaban J connectivity index is 2.22. The van der Waals surface area contributed by atoms with E-state index in [1.165, 1.54) is 7.11 Å². The summed E-state index contributed by atoms with van der Waals surface area (Å²) in [7, 11) is 1.52. The summed E-state index contributed by atoms with van der Waals surface area (Å²) in [6.45, 7) is 5.33. The van der Waals surface area contributed by atoms with Crippen LogP contribution in [-0.4, -0.2) is 44.3 Å². The van der Waals surface area contributed by atoms with E-state index in [1.54, 1.807) is 25.1 Å². The van der Waals surface area contributed by atoms with E-state index < -0.39 is 24.0 Å². The summed E-state index contributed by atoms with van der Waals surface area (Å²) in [4.78, 5) is 36.5. The second-order valence-corrected chi connectivity index (χ2v) is 5.93. The molecule has 1 aromatic carbocycles. The first-order chi connectivity index (χ1) is 12.9. The van der Waals surface area contributed by atoms with Crippen molar-refractivity contribution in [3.05, 3.63) is 40.6 Å². The van der Waals surface area contributed by atoms with Crippen LogP contribution in [0.5, 0.6) is 5.75 Å². The van der Waals surface area contributed by atoms with E-state index >= 15 is 0 Å². The van der Waals surface area contributed by atoms with Gasteiger partial charge in [-0.1, -0.05) is 13.0 Å². The number of aryl methyl sites for hydroxylation is 1. The number of amides is 2. The molecule has 2 N–H and O–H groups in total. The monoisotopic (exact) mass is 376 g/mol. The van der Waals surface area contributed by atoms with E-state index in [2.05, 4.69) is 10.6 Å². The average Bonchev–Trinajstić information content (AvgIpc) is 2.65. The van der Waals surface area contributed by atoms with Crippen molar-refractivity contribution in [2.45, 2.75) is 33.2 Å². The van der Waals surface area contributed by atoms with Crippen molar-refractivity contribution in [3.63, 3.8) is 0 Å². The maximum Gasteiger partial charge on any atom is 0.338 e. The highest BCUT2D eigenvalue weighted by Gasteiger charge is 2.32. The molecule has 0 unspecified atom stereocenters. The molecule has 2 amide bonds. The van der Waals surface area contributed by atoms with Crippen molar-refractivity contribution in [2.24, 2.45) is 0 Å². The van der Waals surface area contributed by atoms with Crippen LogP contribution in [0.15, 0.2) is 29.5 Å². The predicted octanol–water partition coefficient (Wildman–Crippen LogP) is 2.07. The summed E-state index contributed by atoms with van der Waals surface area (Å²) in [5.41, 5.74) is 1.67. The molecule has 1 heterocycles. The van der Waals surface area contributed by atoms with Crippen LogP contribution in [0.25, 0.3) is 0 Å².